The van der Waals surface area contributed by atoms with Crippen molar-refractivity contribution in [2.75, 3.05) is 14.1 Å². The van der Waals surface area contributed by atoms with Crippen molar-refractivity contribution in [1.29, 1.82) is 0 Å². The van der Waals surface area contributed by atoms with Gasteiger partial charge in [0.2, 0.25) is 23.6 Å². The van der Waals surface area contributed by atoms with Crippen molar-refractivity contribution in [3.8, 4) is 0 Å². The van der Waals surface area contributed by atoms with Crippen molar-refractivity contribution in [2.24, 2.45) is 5.92 Å². The molecule has 0 aliphatic rings. The lowest BCUT2D eigenvalue weighted by molar-refractivity contribution is -0.130. The third-order valence-corrected chi connectivity index (χ3v) is 10.3. The van der Waals surface area contributed by atoms with Crippen LogP contribution < -0.4 is 21.3 Å². The zero-order valence-corrected chi connectivity index (χ0v) is 35.8. The van der Waals surface area contributed by atoms with Crippen LogP contribution in [0.15, 0.2) is 164 Å². The third kappa shape index (κ3) is 13.5. The molecule has 11 heteroatoms. The van der Waals surface area contributed by atoms with Crippen LogP contribution in [0.25, 0.3) is 0 Å². The molecule has 5 amide bonds. The maximum absolute atomic E-state index is 14.4. The molecule has 0 unspecified atom stereocenters. The van der Waals surface area contributed by atoms with Crippen LogP contribution in [-0.2, 0) is 42.5 Å². The lowest BCUT2D eigenvalue weighted by Gasteiger charge is -2.37. The van der Waals surface area contributed by atoms with Crippen molar-refractivity contribution in [3.05, 3.63) is 192 Å². The Balaban J connectivity index is 1.38. The average molecular weight is 836 g/mol. The smallest absolute Gasteiger partial charge is 0.408 e. The zero-order valence-electron chi connectivity index (χ0n) is 35.8. The minimum atomic E-state index is -1.09. The monoisotopic (exact) mass is 835 g/mol. The number of hydrogen-bond acceptors (Lipinski definition) is 6. The number of rotatable bonds is 20. The van der Waals surface area contributed by atoms with Gasteiger partial charge in [0, 0.05) is 39.1 Å². The summed E-state index contributed by atoms with van der Waals surface area (Å²) < 4.78 is 5.43. The molecule has 11 nitrogen and oxygen atoms in total. The first kappa shape index (κ1) is 46.1. The fraction of sp³-hybridized carbons (Fsp3) is 0.275. The predicted molar refractivity (Wildman–Crippen MR) is 241 cm³/mol. The molecule has 0 saturated carbocycles. The molecule has 5 aromatic rings. The minimum absolute atomic E-state index is 0.0147. The van der Waals surface area contributed by atoms with Crippen molar-refractivity contribution in [1.82, 2.24) is 26.2 Å². The molecule has 4 N–H and O–H groups in total. The molecule has 0 radical (unpaired) electrons. The van der Waals surface area contributed by atoms with Gasteiger partial charge in [0.05, 0.1) is 0 Å². The SMILES string of the molecule is CC(C)C[C@H](NC(=O)OCc1ccccc1)C(=O)N[C@@H](Cc1ccccc1)C(=O)N[C@H](/C=C/C(=O)N(C)C)CCC(=O)NC(c1ccccc1)(c1ccccc1)c1ccccc1. The van der Waals surface area contributed by atoms with E-state index in [0.717, 1.165) is 27.8 Å². The molecule has 0 spiro atoms. The molecule has 0 aliphatic carbocycles. The lowest BCUT2D eigenvalue weighted by atomic mass is 9.77. The second-order valence-electron chi connectivity index (χ2n) is 15.8. The Bertz CT molecular complexity index is 2120. The summed E-state index contributed by atoms with van der Waals surface area (Å²) in [6.07, 6.45) is 2.69. The van der Waals surface area contributed by atoms with E-state index in [1.54, 1.807) is 20.2 Å². The van der Waals surface area contributed by atoms with E-state index in [4.69, 9.17) is 4.74 Å². The van der Waals surface area contributed by atoms with Crippen LogP contribution in [0, 0.1) is 5.92 Å². The maximum Gasteiger partial charge on any atom is 0.408 e. The van der Waals surface area contributed by atoms with Crippen LogP contribution in [0.3, 0.4) is 0 Å². The Labute approximate surface area is 365 Å². The molecule has 0 saturated heterocycles. The van der Waals surface area contributed by atoms with Crippen LogP contribution in [0.1, 0.15) is 60.9 Å². The zero-order chi connectivity index (χ0) is 44.3. The van der Waals surface area contributed by atoms with Crippen LogP contribution in [0.5, 0.6) is 0 Å². The Morgan fingerprint density at radius 2 is 1.08 bits per heavy atom. The normalized spacial score (nSPS) is 12.7. The maximum atomic E-state index is 14.4. The molecule has 3 atom stereocenters. The van der Waals surface area contributed by atoms with E-state index in [2.05, 4.69) is 21.3 Å². The highest BCUT2D eigenvalue weighted by molar-refractivity contribution is 5.92. The Hall–Kier alpha value is -7.01. The summed E-state index contributed by atoms with van der Waals surface area (Å²) in [4.78, 5) is 69.8. The number of amides is 5. The molecule has 5 aromatic carbocycles. The van der Waals surface area contributed by atoms with Gasteiger partial charge in [0.1, 0.15) is 24.2 Å². The summed E-state index contributed by atoms with van der Waals surface area (Å²) in [7, 11) is 3.24. The van der Waals surface area contributed by atoms with Crippen molar-refractivity contribution in [3.63, 3.8) is 0 Å². The average Bonchev–Trinajstić information content (AvgIpc) is 3.29. The van der Waals surface area contributed by atoms with E-state index >= 15 is 0 Å². The molecule has 0 heterocycles. The summed E-state index contributed by atoms with van der Waals surface area (Å²) in [6, 6.07) is 44.9. The number of ether oxygens (including phenoxy) is 1. The molecule has 62 heavy (non-hydrogen) atoms. The first-order valence-electron chi connectivity index (χ1n) is 20.9. The minimum Gasteiger partial charge on any atom is -0.445 e. The third-order valence-electron chi connectivity index (χ3n) is 10.3. The largest absolute Gasteiger partial charge is 0.445 e. The van der Waals surface area contributed by atoms with Gasteiger partial charge in [-0.2, -0.15) is 0 Å². The quantitative estimate of drug-likeness (QED) is 0.0488. The van der Waals surface area contributed by atoms with E-state index in [0.29, 0.717) is 0 Å². The first-order valence-corrected chi connectivity index (χ1v) is 20.9. The van der Waals surface area contributed by atoms with Crippen molar-refractivity contribution in [2.45, 2.75) is 69.8 Å². The van der Waals surface area contributed by atoms with Gasteiger partial charge in [-0.05, 0) is 46.6 Å². The van der Waals surface area contributed by atoms with Gasteiger partial charge in [0.15, 0.2) is 0 Å². The summed E-state index contributed by atoms with van der Waals surface area (Å²) in [5, 5.41) is 12.0. The number of hydrogen-bond donors (Lipinski definition) is 4. The van der Waals surface area contributed by atoms with Crippen molar-refractivity contribution >= 4 is 29.7 Å². The topological polar surface area (TPSA) is 146 Å². The molecule has 5 rings (SSSR count). The number of nitrogens with zero attached hydrogens (tertiary/aromatic N) is 1. The molecule has 322 valence electrons. The first-order chi connectivity index (χ1) is 29.9. The Morgan fingerprint density at radius 3 is 1.56 bits per heavy atom. The van der Waals surface area contributed by atoms with Gasteiger partial charge in [0.25, 0.3) is 0 Å². The highest BCUT2D eigenvalue weighted by atomic mass is 16.5. The Morgan fingerprint density at radius 1 is 0.613 bits per heavy atom. The predicted octanol–water partition coefficient (Wildman–Crippen LogP) is 7.07. The van der Waals surface area contributed by atoms with Gasteiger partial charge >= 0.3 is 6.09 Å². The molecule has 0 aromatic heterocycles. The number of carbonyl (C=O) groups excluding carboxylic acids is 5. The molecular formula is C51H57N5O6. The second kappa shape index (κ2) is 23.1. The molecule has 0 aliphatic heterocycles. The van der Waals surface area contributed by atoms with E-state index in [1.807, 2.05) is 166 Å². The lowest BCUT2D eigenvalue weighted by Crippen LogP contribution is -2.55. The van der Waals surface area contributed by atoms with Gasteiger partial charge < -0.3 is 30.9 Å². The fourth-order valence-electron chi connectivity index (χ4n) is 7.13. The highest BCUT2D eigenvalue weighted by Gasteiger charge is 2.38. The Kier molecular flexibility index (Phi) is 17.2. The van der Waals surface area contributed by atoms with E-state index < -0.39 is 41.6 Å². The van der Waals surface area contributed by atoms with Gasteiger partial charge in [-0.1, -0.05) is 172 Å². The number of carbonyl (C=O) groups is 5. The van der Waals surface area contributed by atoms with Crippen LogP contribution in [0.4, 0.5) is 4.79 Å². The molecule has 0 fully saturated rings. The summed E-state index contributed by atoms with van der Waals surface area (Å²) in [5.74, 6) is -1.66. The fourth-order valence-corrected chi connectivity index (χ4v) is 7.13. The van der Waals surface area contributed by atoms with Gasteiger partial charge in [-0.3, -0.25) is 19.2 Å². The number of alkyl carbamates (subject to hydrolysis) is 1. The van der Waals surface area contributed by atoms with E-state index in [9.17, 15) is 24.0 Å². The number of nitrogens with one attached hydrogen (secondary N) is 4. The summed E-state index contributed by atoms with van der Waals surface area (Å²) >= 11 is 0. The van der Waals surface area contributed by atoms with Crippen LogP contribution in [-0.4, -0.2) is 66.8 Å². The van der Waals surface area contributed by atoms with Crippen LogP contribution in [0.2, 0.25) is 0 Å². The molecular weight excluding hydrogens is 779 g/mol. The van der Waals surface area contributed by atoms with E-state index in [-0.39, 0.29) is 50.0 Å². The molecule has 0 bridgehead atoms. The van der Waals surface area contributed by atoms with Gasteiger partial charge in [-0.25, -0.2) is 4.79 Å². The van der Waals surface area contributed by atoms with Crippen LogP contribution >= 0.6 is 0 Å². The standard InChI is InChI=1S/C51H57N5O6/c1-37(2)34-44(54-50(61)62-36-39-22-12-6-13-23-39)49(60)53-45(35-38-20-10-5-11-21-38)48(59)52-43(31-33-47(58)56(3)4)30-32-46(57)55-51(40-24-14-7-15-25-40,41-26-16-8-17-27-41)42-28-18-9-19-29-42/h5-29,31,33,37,43-45H,30,32,34-36H2,1-4H3,(H,52,59)(H,53,60)(H,54,61)(H,55,57)/b33-31+/t43-,44-,45-/m0/s1. The van der Waals surface area contributed by atoms with Crippen molar-refractivity contribution < 1.29 is 28.7 Å². The number of likely N-dealkylation sites (N-methyl/N-ethyl adjacent to an activating group) is 1. The summed E-state index contributed by atoms with van der Waals surface area (Å²) in [5.41, 5.74) is 3.12. The highest BCUT2D eigenvalue weighted by Crippen LogP contribution is 2.37. The summed E-state index contributed by atoms with van der Waals surface area (Å²) in [6.45, 7) is 3.88. The number of benzene rings is 5. The van der Waals surface area contributed by atoms with E-state index in [1.165, 1.54) is 11.0 Å². The van der Waals surface area contributed by atoms with Gasteiger partial charge in [-0.15, -0.1) is 0 Å². The second-order valence-corrected chi connectivity index (χ2v) is 15.8.